The normalized spacial score (nSPS) is 11.4. The molecule has 20 heavy (non-hydrogen) atoms. The van der Waals surface area contributed by atoms with Crippen molar-refractivity contribution in [2.45, 2.75) is 18.5 Å². The summed E-state index contributed by atoms with van der Waals surface area (Å²) in [5.41, 5.74) is 1.37. The van der Waals surface area contributed by atoms with Gasteiger partial charge >= 0.3 is 5.97 Å². The molecule has 0 unspecified atom stereocenters. The van der Waals surface area contributed by atoms with E-state index < -0.39 is 21.0 Å². The van der Waals surface area contributed by atoms with E-state index in [0.717, 1.165) is 17.3 Å². The van der Waals surface area contributed by atoms with Gasteiger partial charge in [0.2, 0.25) is 0 Å². The molecule has 3 N–H and O–H groups in total. The third-order valence-electron chi connectivity index (χ3n) is 2.82. The number of rotatable bonds is 5. The summed E-state index contributed by atoms with van der Waals surface area (Å²) in [5, 5.41) is 14.1. The second-order valence-electron chi connectivity index (χ2n) is 4.17. The number of sulfonamides is 1. The highest BCUT2D eigenvalue weighted by Gasteiger charge is 2.24. The highest BCUT2D eigenvalue weighted by molar-refractivity contribution is 7.89. The molecule has 0 saturated heterocycles. The SMILES string of the molecule is Cc1ccccc1CNS(=O)(=O)c1[nH]ncc1C(=O)O. The topological polar surface area (TPSA) is 112 Å². The molecule has 1 aromatic heterocycles. The van der Waals surface area contributed by atoms with Crippen LogP contribution in [0.3, 0.4) is 0 Å². The number of nitrogens with one attached hydrogen (secondary N) is 2. The van der Waals surface area contributed by atoms with Gasteiger partial charge in [0.15, 0.2) is 5.03 Å². The van der Waals surface area contributed by atoms with Gasteiger partial charge in [0.25, 0.3) is 10.0 Å². The van der Waals surface area contributed by atoms with Crippen molar-refractivity contribution in [3.05, 3.63) is 47.2 Å². The van der Waals surface area contributed by atoms with E-state index in [9.17, 15) is 13.2 Å². The first kappa shape index (κ1) is 14.2. The van der Waals surface area contributed by atoms with Crippen molar-refractivity contribution in [3.63, 3.8) is 0 Å². The van der Waals surface area contributed by atoms with E-state index in [1.165, 1.54) is 0 Å². The third kappa shape index (κ3) is 2.86. The molecular weight excluding hydrogens is 282 g/mol. The zero-order valence-electron chi connectivity index (χ0n) is 10.6. The van der Waals surface area contributed by atoms with Crippen molar-refractivity contribution in [3.8, 4) is 0 Å². The molecule has 0 amide bonds. The Morgan fingerprint density at radius 1 is 1.40 bits per heavy atom. The Hall–Kier alpha value is -2.19. The molecule has 0 bridgehead atoms. The van der Waals surface area contributed by atoms with Gasteiger partial charge in [-0.05, 0) is 18.1 Å². The van der Waals surface area contributed by atoms with Crippen LogP contribution in [0.1, 0.15) is 21.5 Å². The summed E-state index contributed by atoms with van der Waals surface area (Å²) in [6.07, 6.45) is 0.963. The van der Waals surface area contributed by atoms with Crippen LogP contribution in [0.15, 0.2) is 35.5 Å². The Labute approximate surface area is 115 Å². The molecule has 0 aliphatic carbocycles. The van der Waals surface area contributed by atoms with Crippen LogP contribution in [-0.2, 0) is 16.6 Å². The Bertz CT molecular complexity index is 737. The first-order valence-corrected chi connectivity index (χ1v) is 7.21. The van der Waals surface area contributed by atoms with Crippen LogP contribution in [0.25, 0.3) is 0 Å². The molecule has 1 aromatic carbocycles. The van der Waals surface area contributed by atoms with Crippen LogP contribution in [0.5, 0.6) is 0 Å². The lowest BCUT2D eigenvalue weighted by Crippen LogP contribution is -2.25. The van der Waals surface area contributed by atoms with Crippen LogP contribution < -0.4 is 4.72 Å². The maximum Gasteiger partial charge on any atom is 0.340 e. The molecule has 0 saturated carbocycles. The second kappa shape index (κ2) is 5.43. The Morgan fingerprint density at radius 2 is 2.10 bits per heavy atom. The zero-order chi connectivity index (χ0) is 14.8. The van der Waals surface area contributed by atoms with E-state index in [-0.39, 0.29) is 12.1 Å². The minimum absolute atomic E-state index is 0.0765. The van der Waals surface area contributed by atoms with Gasteiger partial charge in [0, 0.05) is 6.54 Å². The van der Waals surface area contributed by atoms with E-state index >= 15 is 0 Å². The fourth-order valence-electron chi connectivity index (χ4n) is 1.68. The number of aromatic nitrogens is 2. The summed E-state index contributed by atoms with van der Waals surface area (Å²) in [4.78, 5) is 10.9. The smallest absolute Gasteiger partial charge is 0.340 e. The first-order valence-electron chi connectivity index (χ1n) is 5.72. The summed E-state index contributed by atoms with van der Waals surface area (Å²) in [5.74, 6) is -1.35. The average molecular weight is 295 g/mol. The second-order valence-corrected chi connectivity index (χ2v) is 5.87. The van der Waals surface area contributed by atoms with Crippen molar-refractivity contribution < 1.29 is 18.3 Å². The maximum absolute atomic E-state index is 12.1. The molecule has 7 nitrogen and oxygen atoms in total. The standard InChI is InChI=1S/C12H13N3O4S/c1-8-4-2-3-5-9(8)6-14-20(18,19)11-10(12(16)17)7-13-15-11/h2-5,7,14H,6H2,1H3,(H,13,15)(H,16,17). The summed E-state index contributed by atoms with van der Waals surface area (Å²) >= 11 is 0. The lowest BCUT2D eigenvalue weighted by Gasteiger charge is -2.08. The molecule has 0 fully saturated rings. The van der Waals surface area contributed by atoms with E-state index in [4.69, 9.17) is 5.11 Å². The molecule has 2 aromatic rings. The number of carboxylic acids is 1. The maximum atomic E-state index is 12.1. The van der Waals surface area contributed by atoms with Gasteiger partial charge in [-0.2, -0.15) is 5.10 Å². The fraction of sp³-hybridized carbons (Fsp3) is 0.167. The van der Waals surface area contributed by atoms with Crippen LogP contribution in [0.2, 0.25) is 0 Å². The number of hydrogen-bond donors (Lipinski definition) is 3. The minimum atomic E-state index is -3.96. The highest BCUT2D eigenvalue weighted by atomic mass is 32.2. The van der Waals surface area contributed by atoms with E-state index in [2.05, 4.69) is 14.9 Å². The Morgan fingerprint density at radius 3 is 2.75 bits per heavy atom. The Kier molecular flexibility index (Phi) is 3.86. The fourth-order valence-corrected chi connectivity index (χ4v) is 2.78. The number of aromatic amines is 1. The van der Waals surface area contributed by atoms with Crippen molar-refractivity contribution in [1.82, 2.24) is 14.9 Å². The predicted octanol–water partition coefficient (Wildman–Crippen LogP) is 0.895. The highest BCUT2D eigenvalue weighted by Crippen LogP contribution is 2.13. The molecular formula is C12H13N3O4S. The van der Waals surface area contributed by atoms with Crippen molar-refractivity contribution in [2.24, 2.45) is 0 Å². The number of hydrogen-bond acceptors (Lipinski definition) is 4. The van der Waals surface area contributed by atoms with E-state index in [0.29, 0.717) is 0 Å². The molecule has 106 valence electrons. The molecule has 0 atom stereocenters. The minimum Gasteiger partial charge on any atom is -0.478 e. The van der Waals surface area contributed by atoms with Gasteiger partial charge in [-0.3, -0.25) is 5.10 Å². The van der Waals surface area contributed by atoms with Gasteiger partial charge in [-0.25, -0.2) is 17.9 Å². The number of aromatic carboxylic acids is 1. The quantitative estimate of drug-likeness (QED) is 0.758. The number of carboxylic acid groups (broad SMARTS) is 1. The molecule has 8 heteroatoms. The lowest BCUT2D eigenvalue weighted by atomic mass is 10.1. The molecule has 0 aliphatic heterocycles. The Balaban J connectivity index is 2.22. The summed E-state index contributed by atoms with van der Waals surface area (Å²) in [7, 11) is -3.96. The average Bonchev–Trinajstić information content (AvgIpc) is 2.88. The predicted molar refractivity (Wildman–Crippen MR) is 70.8 cm³/mol. The molecule has 0 radical (unpaired) electrons. The van der Waals surface area contributed by atoms with Gasteiger partial charge in [-0.1, -0.05) is 24.3 Å². The van der Waals surface area contributed by atoms with E-state index in [1.807, 2.05) is 19.1 Å². The lowest BCUT2D eigenvalue weighted by molar-refractivity contribution is 0.0692. The summed E-state index contributed by atoms with van der Waals surface area (Å²) < 4.78 is 26.5. The van der Waals surface area contributed by atoms with Gasteiger partial charge in [-0.15, -0.1) is 0 Å². The number of H-pyrrole nitrogens is 1. The van der Waals surface area contributed by atoms with Crippen molar-refractivity contribution >= 4 is 16.0 Å². The number of aryl methyl sites for hydroxylation is 1. The zero-order valence-corrected chi connectivity index (χ0v) is 11.4. The summed E-state index contributed by atoms with van der Waals surface area (Å²) in [6.45, 7) is 1.94. The monoisotopic (exact) mass is 295 g/mol. The summed E-state index contributed by atoms with van der Waals surface area (Å²) in [6, 6.07) is 7.31. The third-order valence-corrected chi connectivity index (χ3v) is 4.19. The van der Waals surface area contributed by atoms with Crippen molar-refractivity contribution in [1.29, 1.82) is 0 Å². The van der Waals surface area contributed by atoms with Crippen molar-refractivity contribution in [2.75, 3.05) is 0 Å². The molecule has 1 heterocycles. The van der Waals surface area contributed by atoms with Gasteiger partial charge < -0.3 is 5.11 Å². The molecule has 2 rings (SSSR count). The molecule has 0 aliphatic rings. The van der Waals surface area contributed by atoms with Crippen LogP contribution in [-0.4, -0.2) is 29.7 Å². The number of nitrogens with zero attached hydrogens (tertiary/aromatic N) is 1. The van der Waals surface area contributed by atoms with Gasteiger partial charge in [0.05, 0.1) is 6.20 Å². The molecule has 0 spiro atoms. The first-order chi connectivity index (χ1) is 9.42. The number of carbonyl (C=O) groups is 1. The largest absolute Gasteiger partial charge is 0.478 e. The van der Waals surface area contributed by atoms with E-state index in [1.54, 1.807) is 12.1 Å². The van der Waals surface area contributed by atoms with Crippen LogP contribution >= 0.6 is 0 Å². The van der Waals surface area contributed by atoms with Gasteiger partial charge in [0.1, 0.15) is 5.56 Å². The number of benzene rings is 1. The van der Waals surface area contributed by atoms with Crippen LogP contribution in [0, 0.1) is 6.92 Å². The van der Waals surface area contributed by atoms with Crippen LogP contribution in [0.4, 0.5) is 0 Å².